The first-order chi connectivity index (χ1) is 26.5. The maximum atomic E-state index is 16.7. The minimum absolute atomic E-state index is 0.0111. The molecule has 3 atom stereocenters. The summed E-state index contributed by atoms with van der Waals surface area (Å²) in [5.74, 6) is -0.648. The maximum absolute atomic E-state index is 16.7. The summed E-state index contributed by atoms with van der Waals surface area (Å²) >= 11 is 6.57. The Morgan fingerprint density at radius 2 is 1.78 bits per heavy atom. The highest BCUT2D eigenvalue weighted by atomic mass is 35.5. The summed E-state index contributed by atoms with van der Waals surface area (Å²) in [4.78, 5) is 32.1. The molecule has 3 unspecified atom stereocenters. The third-order valence-electron chi connectivity index (χ3n) is 9.96. The first-order valence-electron chi connectivity index (χ1n) is 17.5. The van der Waals surface area contributed by atoms with Crippen molar-refractivity contribution in [2.75, 3.05) is 29.9 Å². The molecular weight excluding hydrogens is 762 g/mol. The number of hydrogen-bond acceptors (Lipinski definition) is 10. The van der Waals surface area contributed by atoms with Crippen molar-refractivity contribution in [2.45, 2.75) is 54.8 Å². The molecule has 282 valence electrons. The van der Waals surface area contributed by atoms with E-state index in [4.69, 9.17) is 16.3 Å². The second kappa shape index (κ2) is 13.8. The van der Waals surface area contributed by atoms with Crippen molar-refractivity contribution >= 4 is 61.7 Å². The number of hydrogen-bond donors (Lipinski definition) is 2. The van der Waals surface area contributed by atoms with Crippen LogP contribution in [0.4, 0.5) is 29.1 Å². The number of nitrogens with one attached hydrogen (secondary N) is 2. The number of halogens is 5. The maximum Gasteiger partial charge on any atom is 0.417 e. The van der Waals surface area contributed by atoms with Crippen LogP contribution in [-0.4, -0.2) is 71.0 Å². The lowest BCUT2D eigenvalue weighted by Gasteiger charge is -2.34. The fraction of sp³-hybridized carbons (Fsp3) is 0.297. The molecule has 2 aliphatic heterocycles. The van der Waals surface area contributed by atoms with Crippen LogP contribution in [0.15, 0.2) is 72.0 Å². The number of ether oxygens (including phenoxy) is 1. The Kier molecular flexibility index (Phi) is 8.89. The summed E-state index contributed by atoms with van der Waals surface area (Å²) < 4.78 is 79.1. The minimum Gasteiger partial charge on any atom is -0.453 e. The third-order valence-corrected chi connectivity index (χ3v) is 11.5. The molecule has 9 rings (SSSR count). The van der Waals surface area contributed by atoms with E-state index in [9.17, 15) is 22.2 Å². The number of carbonyl (C=O) groups is 1. The molecule has 2 N–H and O–H groups in total. The molecule has 0 radical (unpaired) electrons. The van der Waals surface area contributed by atoms with E-state index in [0.717, 1.165) is 47.6 Å². The summed E-state index contributed by atoms with van der Waals surface area (Å²) in [6, 6.07) is 13.7. The Morgan fingerprint density at radius 3 is 2.53 bits per heavy atom. The van der Waals surface area contributed by atoms with E-state index in [2.05, 4.69) is 35.7 Å². The topological polar surface area (TPSA) is 140 Å². The van der Waals surface area contributed by atoms with Gasteiger partial charge in [0, 0.05) is 58.9 Å². The van der Waals surface area contributed by atoms with Crippen LogP contribution >= 0.6 is 11.6 Å². The lowest BCUT2D eigenvalue weighted by molar-refractivity contribution is -0.139. The van der Waals surface area contributed by atoms with Gasteiger partial charge in [-0.3, -0.25) is 9.78 Å². The minimum atomic E-state index is -4.91. The summed E-state index contributed by atoms with van der Waals surface area (Å²) in [6.07, 6.45) is 1.43. The fourth-order valence-electron chi connectivity index (χ4n) is 7.26. The van der Waals surface area contributed by atoms with Gasteiger partial charge in [0.2, 0.25) is 0 Å². The first-order valence-corrected chi connectivity index (χ1v) is 19.0. The molecule has 55 heavy (non-hydrogen) atoms. The zero-order valence-electron chi connectivity index (χ0n) is 28.7. The number of alkyl halides is 3. The van der Waals surface area contributed by atoms with Gasteiger partial charge in [0.15, 0.2) is 29.2 Å². The normalized spacial score (nSPS) is 18.9. The van der Waals surface area contributed by atoms with Gasteiger partial charge in [-0.25, -0.2) is 13.6 Å². The molecule has 12 nitrogen and oxygen atoms in total. The highest BCUT2D eigenvalue weighted by Crippen LogP contribution is 2.40. The molecular formula is C37H30ClF4N9O3S. The standard InChI is InChI=1S/C37H30ClF4N9O3S/c38-27-6-2-4-19-3-1-5-24(30(19)27)32-31(39)33-25(14-43-32)35(50-15-22-9-10-23(16-50)45-22)48-36(47-33)54-17-29(52)46-21-11-12-28(26(13-21)37(40,41)42)55(53)51-18-44-34(49-51)20-7-8-20/h1-6,11-14,18,20,22-23,45H,7-10,15-17H2,(H,46,52). The van der Waals surface area contributed by atoms with E-state index in [1.54, 1.807) is 24.3 Å². The molecule has 3 fully saturated rings. The summed E-state index contributed by atoms with van der Waals surface area (Å²) in [5, 5.41) is 12.2. The highest BCUT2D eigenvalue weighted by Gasteiger charge is 2.37. The Morgan fingerprint density at radius 1 is 1.02 bits per heavy atom. The summed E-state index contributed by atoms with van der Waals surface area (Å²) in [7, 11) is -2.34. The number of rotatable bonds is 9. The van der Waals surface area contributed by atoms with E-state index in [0.29, 0.717) is 52.2 Å². The molecule has 1 amide bonds. The molecule has 2 saturated heterocycles. The predicted octanol–water partition coefficient (Wildman–Crippen LogP) is 6.65. The second-order valence-corrected chi connectivity index (χ2v) is 15.5. The number of carbonyl (C=O) groups excluding carboxylic acids is 1. The van der Waals surface area contributed by atoms with Crippen LogP contribution in [0, 0.1) is 5.82 Å². The molecule has 2 bridgehead atoms. The van der Waals surface area contributed by atoms with Gasteiger partial charge in [-0.15, -0.1) is 5.10 Å². The van der Waals surface area contributed by atoms with Crippen LogP contribution < -0.4 is 20.3 Å². The van der Waals surface area contributed by atoms with E-state index in [1.807, 2.05) is 17.0 Å². The van der Waals surface area contributed by atoms with Crippen molar-refractivity contribution in [3.8, 4) is 17.3 Å². The number of benzene rings is 3. The van der Waals surface area contributed by atoms with Crippen molar-refractivity contribution < 1.29 is 31.3 Å². The molecule has 18 heteroatoms. The highest BCUT2D eigenvalue weighted by molar-refractivity contribution is 7.83. The predicted molar refractivity (Wildman–Crippen MR) is 197 cm³/mol. The van der Waals surface area contributed by atoms with Crippen molar-refractivity contribution in [2.24, 2.45) is 0 Å². The second-order valence-electron chi connectivity index (χ2n) is 13.8. The average molecular weight is 792 g/mol. The molecule has 5 heterocycles. The van der Waals surface area contributed by atoms with Gasteiger partial charge in [0.25, 0.3) is 5.91 Å². The number of fused-ring (bicyclic) bond motifs is 4. The lowest BCUT2D eigenvalue weighted by atomic mass is 10.0. The van der Waals surface area contributed by atoms with Crippen LogP contribution in [0.25, 0.3) is 32.9 Å². The molecule has 3 aromatic carbocycles. The summed E-state index contributed by atoms with van der Waals surface area (Å²) in [5.41, 5.74) is -1.05. The Balaban J connectivity index is 1.01. The van der Waals surface area contributed by atoms with E-state index >= 15 is 4.39 Å². The van der Waals surface area contributed by atoms with Gasteiger partial charge in [0.05, 0.1) is 15.8 Å². The Bertz CT molecular complexity index is 2520. The molecule has 1 aliphatic carbocycles. The number of aromatic nitrogens is 6. The van der Waals surface area contributed by atoms with Crippen molar-refractivity contribution in [3.63, 3.8) is 0 Å². The average Bonchev–Trinajstić information content (AvgIpc) is 3.81. The van der Waals surface area contributed by atoms with E-state index < -0.39 is 46.0 Å². The van der Waals surface area contributed by atoms with Crippen molar-refractivity contribution in [1.82, 2.24) is 34.4 Å². The van der Waals surface area contributed by atoms with E-state index in [-0.39, 0.29) is 40.9 Å². The van der Waals surface area contributed by atoms with Crippen LogP contribution in [0.2, 0.25) is 5.02 Å². The van der Waals surface area contributed by atoms with Gasteiger partial charge >= 0.3 is 12.2 Å². The smallest absolute Gasteiger partial charge is 0.417 e. The SMILES string of the molecule is O=C(COc1nc(N2CC3CCC(C2)N3)c2cnc(-c3cccc4cccc(Cl)c34)c(F)c2n1)Nc1ccc(S(=O)n2cnc(C3CC3)n2)c(C(F)(F)F)c1. The zero-order chi connectivity index (χ0) is 38.0. The lowest BCUT2D eigenvalue weighted by Crippen LogP contribution is -2.51. The third kappa shape index (κ3) is 6.84. The molecule has 3 aromatic heterocycles. The van der Waals surface area contributed by atoms with Crippen molar-refractivity contribution in [3.05, 3.63) is 89.3 Å². The number of nitrogens with zero attached hydrogens (tertiary/aromatic N) is 7. The van der Waals surface area contributed by atoms with Gasteiger partial charge in [-0.2, -0.15) is 27.2 Å². The number of pyridine rings is 1. The van der Waals surface area contributed by atoms with Gasteiger partial charge < -0.3 is 20.3 Å². The molecule has 0 spiro atoms. The number of anilines is 2. The number of amides is 1. The van der Waals surface area contributed by atoms with Crippen LogP contribution in [0.5, 0.6) is 6.01 Å². The summed E-state index contributed by atoms with van der Waals surface area (Å²) in [6.45, 7) is 0.464. The van der Waals surface area contributed by atoms with Gasteiger partial charge in [-0.1, -0.05) is 41.9 Å². The van der Waals surface area contributed by atoms with Crippen LogP contribution in [-0.2, 0) is 22.0 Å². The monoisotopic (exact) mass is 791 g/mol. The fourth-order valence-corrected chi connectivity index (χ4v) is 8.58. The molecule has 3 aliphatic rings. The van der Waals surface area contributed by atoms with Crippen molar-refractivity contribution in [1.29, 1.82) is 0 Å². The largest absolute Gasteiger partial charge is 0.453 e. The van der Waals surface area contributed by atoms with Gasteiger partial charge in [-0.05, 0) is 55.3 Å². The Hall–Kier alpha value is -5.26. The Labute approximate surface area is 317 Å². The molecule has 1 saturated carbocycles. The number of piperazine rings is 1. The van der Waals surface area contributed by atoms with Gasteiger partial charge in [0.1, 0.15) is 23.4 Å². The first kappa shape index (κ1) is 35.4. The van der Waals surface area contributed by atoms with Crippen LogP contribution in [0.1, 0.15) is 43.0 Å². The van der Waals surface area contributed by atoms with Crippen LogP contribution in [0.3, 0.4) is 0 Å². The quantitative estimate of drug-likeness (QED) is 0.153. The zero-order valence-corrected chi connectivity index (χ0v) is 30.3. The van der Waals surface area contributed by atoms with E-state index in [1.165, 1.54) is 12.3 Å². The molecule has 6 aromatic rings.